The standard InChI is InChI=1S/C18H20FN5O2/c1-11(10-24-13(3)7-12(2)22-24)9-20-17(25)16-21-18(26-23-16)14-5-4-6-15(19)8-14/h4-8,11H,9-10H2,1-3H3,(H,20,25)/t11-/m1/s1. The summed E-state index contributed by atoms with van der Waals surface area (Å²) in [4.78, 5) is 16.2. The van der Waals surface area contributed by atoms with Crippen LogP contribution in [-0.2, 0) is 6.54 Å². The highest BCUT2D eigenvalue weighted by molar-refractivity contribution is 5.90. The molecule has 7 nitrogen and oxygen atoms in total. The minimum atomic E-state index is -0.434. The van der Waals surface area contributed by atoms with Gasteiger partial charge in [-0.05, 0) is 44.0 Å². The minimum Gasteiger partial charge on any atom is -0.349 e. The molecule has 1 atom stereocenters. The summed E-state index contributed by atoms with van der Waals surface area (Å²) < 4.78 is 20.2. The fourth-order valence-corrected chi connectivity index (χ4v) is 2.62. The molecular weight excluding hydrogens is 337 g/mol. The van der Waals surface area contributed by atoms with E-state index in [2.05, 4.69) is 20.6 Å². The predicted molar refractivity (Wildman–Crippen MR) is 92.9 cm³/mol. The number of halogens is 1. The zero-order chi connectivity index (χ0) is 18.7. The molecule has 1 aromatic carbocycles. The maximum absolute atomic E-state index is 13.3. The maximum Gasteiger partial charge on any atom is 0.292 e. The Kier molecular flexibility index (Phi) is 5.11. The van der Waals surface area contributed by atoms with Crippen molar-refractivity contribution in [3.63, 3.8) is 0 Å². The molecule has 3 aromatic rings. The first-order valence-corrected chi connectivity index (χ1v) is 8.31. The molecule has 0 radical (unpaired) electrons. The molecule has 3 rings (SSSR count). The van der Waals surface area contributed by atoms with Crippen molar-refractivity contribution in [1.29, 1.82) is 0 Å². The van der Waals surface area contributed by atoms with Gasteiger partial charge in [0, 0.05) is 24.3 Å². The Balaban J connectivity index is 1.57. The fraction of sp³-hybridized carbons (Fsp3) is 0.333. The molecule has 2 heterocycles. The van der Waals surface area contributed by atoms with Crippen LogP contribution < -0.4 is 5.32 Å². The highest BCUT2D eigenvalue weighted by Gasteiger charge is 2.17. The highest BCUT2D eigenvalue weighted by atomic mass is 19.1. The minimum absolute atomic E-state index is 0.0809. The predicted octanol–water partition coefficient (Wildman–Crippen LogP) is 2.76. The number of aryl methyl sites for hydroxylation is 2. The van der Waals surface area contributed by atoms with Crippen molar-refractivity contribution >= 4 is 5.91 Å². The third-order valence-corrected chi connectivity index (χ3v) is 3.90. The first-order valence-electron chi connectivity index (χ1n) is 8.31. The second-order valence-corrected chi connectivity index (χ2v) is 6.36. The summed E-state index contributed by atoms with van der Waals surface area (Å²) >= 11 is 0. The zero-order valence-electron chi connectivity index (χ0n) is 14.9. The van der Waals surface area contributed by atoms with Crippen molar-refractivity contribution in [2.45, 2.75) is 27.3 Å². The van der Waals surface area contributed by atoms with Crippen molar-refractivity contribution in [2.75, 3.05) is 6.54 Å². The Bertz CT molecular complexity index is 918. The number of nitrogens with zero attached hydrogens (tertiary/aromatic N) is 4. The normalized spacial score (nSPS) is 12.2. The van der Waals surface area contributed by atoms with Crippen molar-refractivity contribution in [3.05, 3.63) is 53.4 Å². The second-order valence-electron chi connectivity index (χ2n) is 6.36. The lowest BCUT2D eigenvalue weighted by Gasteiger charge is -2.13. The van der Waals surface area contributed by atoms with Crippen LogP contribution in [0.1, 0.15) is 28.9 Å². The van der Waals surface area contributed by atoms with Gasteiger partial charge in [-0.25, -0.2) is 4.39 Å². The summed E-state index contributed by atoms with van der Waals surface area (Å²) in [6.45, 7) is 7.10. The van der Waals surface area contributed by atoms with Crippen LogP contribution in [0.5, 0.6) is 0 Å². The highest BCUT2D eigenvalue weighted by Crippen LogP contribution is 2.17. The van der Waals surface area contributed by atoms with Crippen LogP contribution in [0.2, 0.25) is 0 Å². The Morgan fingerprint density at radius 1 is 1.35 bits per heavy atom. The molecule has 136 valence electrons. The second kappa shape index (κ2) is 7.47. The molecule has 0 aliphatic heterocycles. The number of hydrogen-bond donors (Lipinski definition) is 1. The smallest absolute Gasteiger partial charge is 0.292 e. The quantitative estimate of drug-likeness (QED) is 0.733. The van der Waals surface area contributed by atoms with Gasteiger partial charge in [0.1, 0.15) is 5.82 Å². The van der Waals surface area contributed by atoms with Gasteiger partial charge >= 0.3 is 0 Å². The molecule has 1 amide bonds. The number of benzene rings is 1. The molecule has 0 saturated carbocycles. The molecule has 1 N–H and O–H groups in total. The zero-order valence-corrected chi connectivity index (χ0v) is 14.9. The van der Waals surface area contributed by atoms with Gasteiger partial charge in [0.05, 0.1) is 5.69 Å². The van der Waals surface area contributed by atoms with E-state index in [0.717, 1.165) is 11.4 Å². The summed E-state index contributed by atoms with van der Waals surface area (Å²) in [7, 11) is 0. The summed E-state index contributed by atoms with van der Waals surface area (Å²) in [6, 6.07) is 7.77. The average Bonchev–Trinajstić information content (AvgIpc) is 3.20. The summed E-state index contributed by atoms with van der Waals surface area (Å²) in [5, 5.41) is 10.9. The Labute approximate surface area is 150 Å². The van der Waals surface area contributed by atoms with Gasteiger partial charge in [0.2, 0.25) is 0 Å². The third-order valence-electron chi connectivity index (χ3n) is 3.90. The van der Waals surface area contributed by atoms with Gasteiger partial charge in [-0.1, -0.05) is 18.1 Å². The number of nitrogens with one attached hydrogen (secondary N) is 1. The van der Waals surface area contributed by atoms with Crippen LogP contribution in [0, 0.1) is 25.6 Å². The van der Waals surface area contributed by atoms with E-state index in [1.54, 1.807) is 6.07 Å². The van der Waals surface area contributed by atoms with Crippen LogP contribution in [-0.4, -0.2) is 32.4 Å². The number of hydrogen-bond acceptors (Lipinski definition) is 5. The molecule has 26 heavy (non-hydrogen) atoms. The Morgan fingerprint density at radius 2 is 2.15 bits per heavy atom. The van der Waals surface area contributed by atoms with Crippen LogP contribution in [0.4, 0.5) is 4.39 Å². The first kappa shape index (κ1) is 17.8. The lowest BCUT2D eigenvalue weighted by atomic mass is 10.2. The average molecular weight is 357 g/mol. The van der Waals surface area contributed by atoms with Crippen LogP contribution in [0.3, 0.4) is 0 Å². The van der Waals surface area contributed by atoms with E-state index >= 15 is 0 Å². The summed E-state index contributed by atoms with van der Waals surface area (Å²) in [5.74, 6) is -0.652. The fourth-order valence-electron chi connectivity index (χ4n) is 2.62. The Morgan fingerprint density at radius 3 is 2.85 bits per heavy atom. The maximum atomic E-state index is 13.3. The van der Waals surface area contributed by atoms with E-state index in [9.17, 15) is 9.18 Å². The lowest BCUT2D eigenvalue weighted by Crippen LogP contribution is -2.31. The number of carbonyl (C=O) groups is 1. The molecule has 0 bridgehead atoms. The molecular formula is C18H20FN5O2. The van der Waals surface area contributed by atoms with Crippen LogP contribution >= 0.6 is 0 Å². The van der Waals surface area contributed by atoms with Crippen molar-refractivity contribution < 1.29 is 13.7 Å². The van der Waals surface area contributed by atoms with Gasteiger partial charge < -0.3 is 9.84 Å². The first-order chi connectivity index (χ1) is 12.4. The molecule has 2 aromatic heterocycles. The van der Waals surface area contributed by atoms with Crippen LogP contribution in [0.15, 0.2) is 34.9 Å². The van der Waals surface area contributed by atoms with E-state index < -0.39 is 11.7 Å². The number of amides is 1. The van der Waals surface area contributed by atoms with Crippen molar-refractivity contribution in [1.82, 2.24) is 25.2 Å². The number of carbonyl (C=O) groups excluding carboxylic acids is 1. The van der Waals surface area contributed by atoms with Gasteiger partial charge in [0.25, 0.3) is 17.6 Å². The summed E-state index contributed by atoms with van der Waals surface area (Å²) in [5.41, 5.74) is 2.48. The van der Waals surface area contributed by atoms with Gasteiger partial charge in [-0.2, -0.15) is 10.1 Å². The number of aromatic nitrogens is 4. The van der Waals surface area contributed by atoms with Crippen molar-refractivity contribution in [2.24, 2.45) is 5.92 Å². The van der Waals surface area contributed by atoms with Gasteiger partial charge in [-0.3, -0.25) is 9.48 Å². The number of rotatable bonds is 6. The van der Waals surface area contributed by atoms with Crippen LogP contribution in [0.25, 0.3) is 11.5 Å². The van der Waals surface area contributed by atoms with E-state index in [0.29, 0.717) is 18.7 Å². The largest absolute Gasteiger partial charge is 0.349 e. The van der Waals surface area contributed by atoms with E-state index in [1.165, 1.54) is 18.2 Å². The SMILES string of the molecule is Cc1cc(C)n(C[C@H](C)CNC(=O)c2noc(-c3cccc(F)c3)n2)n1. The van der Waals surface area contributed by atoms with E-state index in [4.69, 9.17) is 4.52 Å². The summed E-state index contributed by atoms with van der Waals surface area (Å²) in [6.07, 6.45) is 0. The van der Waals surface area contributed by atoms with Gasteiger partial charge in [-0.15, -0.1) is 0 Å². The molecule has 0 aliphatic carbocycles. The van der Waals surface area contributed by atoms with E-state index in [1.807, 2.05) is 31.5 Å². The lowest BCUT2D eigenvalue weighted by molar-refractivity contribution is 0.0933. The van der Waals surface area contributed by atoms with Gasteiger partial charge in [0.15, 0.2) is 0 Å². The molecule has 8 heteroatoms. The Hall–Kier alpha value is -3.03. The molecule has 0 spiro atoms. The monoisotopic (exact) mass is 357 g/mol. The van der Waals surface area contributed by atoms with E-state index in [-0.39, 0.29) is 17.6 Å². The van der Waals surface area contributed by atoms with Crippen molar-refractivity contribution in [3.8, 4) is 11.5 Å². The topological polar surface area (TPSA) is 85.8 Å². The molecule has 0 aliphatic rings. The molecule has 0 saturated heterocycles. The molecule has 0 fully saturated rings. The molecule has 0 unspecified atom stereocenters. The third kappa shape index (κ3) is 4.14.